The van der Waals surface area contributed by atoms with Crippen molar-refractivity contribution in [2.24, 2.45) is 0 Å². The van der Waals surface area contributed by atoms with Gasteiger partial charge in [-0.25, -0.2) is 8.42 Å². The Balaban J connectivity index is 5.39. The maximum Gasteiger partial charge on any atom is 0.501 e. The second kappa shape index (κ2) is 4.73. The summed E-state index contributed by atoms with van der Waals surface area (Å²) in [6.07, 6.45) is 0. The molecule has 0 unspecified atom stereocenters. The Kier molecular flexibility index (Phi) is 4.44. The molecule has 0 aliphatic carbocycles. The van der Waals surface area contributed by atoms with Crippen LogP contribution in [0.3, 0.4) is 0 Å². The molecule has 0 atom stereocenters. The molecule has 0 aliphatic heterocycles. The first-order chi connectivity index (χ1) is 6.68. The fourth-order valence-electron chi connectivity index (χ4n) is 0.719. The topological polar surface area (TPSA) is 52.6 Å². The second-order valence-corrected chi connectivity index (χ2v) is 4.51. The monoisotopic (exact) mass is 248 g/mol. The Morgan fingerprint density at radius 1 is 1.33 bits per heavy atom. The molecule has 0 radical (unpaired) electrons. The van der Waals surface area contributed by atoms with E-state index in [1.54, 1.807) is 0 Å². The summed E-state index contributed by atoms with van der Waals surface area (Å²) in [6.45, 7) is 2.28. The SMILES string of the molecule is CCO/C(OC)=C(/C)S(=O)(=O)C(F)(F)F. The van der Waals surface area contributed by atoms with Crippen molar-refractivity contribution in [3.63, 3.8) is 0 Å². The van der Waals surface area contributed by atoms with Gasteiger partial charge in [-0.05, 0) is 13.8 Å². The van der Waals surface area contributed by atoms with Crippen LogP contribution < -0.4 is 0 Å². The Morgan fingerprint density at radius 2 is 1.80 bits per heavy atom. The molecule has 0 aromatic heterocycles. The van der Waals surface area contributed by atoms with Crippen LogP contribution >= 0.6 is 0 Å². The van der Waals surface area contributed by atoms with Crippen LogP contribution in [0.5, 0.6) is 0 Å². The molecule has 0 saturated heterocycles. The van der Waals surface area contributed by atoms with Gasteiger partial charge in [0.2, 0.25) is 0 Å². The molecule has 8 heteroatoms. The van der Waals surface area contributed by atoms with Crippen molar-refractivity contribution in [3.8, 4) is 0 Å². The lowest BCUT2D eigenvalue weighted by molar-refractivity contribution is -0.0432. The highest BCUT2D eigenvalue weighted by Gasteiger charge is 2.48. The Morgan fingerprint density at radius 3 is 2.07 bits per heavy atom. The molecule has 0 amide bonds. The van der Waals surface area contributed by atoms with Crippen molar-refractivity contribution in [2.75, 3.05) is 13.7 Å². The molecule has 0 fully saturated rings. The summed E-state index contributed by atoms with van der Waals surface area (Å²) in [5.41, 5.74) is -5.35. The van der Waals surface area contributed by atoms with Gasteiger partial charge in [-0.3, -0.25) is 0 Å². The Labute approximate surface area is 85.6 Å². The summed E-state index contributed by atoms with van der Waals surface area (Å²) < 4.78 is 67.1. The first kappa shape index (κ1) is 14.1. The number of hydrogen-bond acceptors (Lipinski definition) is 4. The predicted octanol–water partition coefficient (Wildman–Crippen LogP) is 1.79. The molecule has 0 aromatic rings. The van der Waals surface area contributed by atoms with Crippen molar-refractivity contribution < 1.29 is 31.1 Å². The molecule has 0 bridgehead atoms. The highest BCUT2D eigenvalue weighted by atomic mass is 32.2. The molecule has 0 aromatic carbocycles. The molecule has 0 heterocycles. The minimum atomic E-state index is -5.38. The van der Waals surface area contributed by atoms with E-state index < -0.39 is 26.2 Å². The third kappa shape index (κ3) is 3.01. The van der Waals surface area contributed by atoms with E-state index in [2.05, 4.69) is 9.47 Å². The molecule has 0 saturated carbocycles. The average molecular weight is 248 g/mol. The van der Waals surface area contributed by atoms with Crippen LogP contribution in [0.1, 0.15) is 13.8 Å². The molecule has 15 heavy (non-hydrogen) atoms. The second-order valence-electron chi connectivity index (χ2n) is 2.43. The predicted molar refractivity (Wildman–Crippen MR) is 46.3 cm³/mol. The van der Waals surface area contributed by atoms with Gasteiger partial charge in [0.05, 0.1) is 13.7 Å². The standard InChI is InChI=1S/C7H11F3O4S/c1-4-14-6(13-3)5(2)15(11,12)7(8,9)10/h4H2,1-3H3/b6-5-. The largest absolute Gasteiger partial charge is 0.501 e. The summed E-state index contributed by atoms with van der Waals surface area (Å²) in [5.74, 6) is -0.644. The molecule has 0 aliphatic rings. The number of methoxy groups -OCH3 is 1. The van der Waals surface area contributed by atoms with Gasteiger partial charge in [0, 0.05) is 0 Å². The molecule has 0 spiro atoms. The Bertz CT molecular complexity index is 342. The number of hydrogen-bond donors (Lipinski definition) is 0. The fourth-order valence-corrected chi connectivity index (χ4v) is 1.43. The van der Waals surface area contributed by atoms with Crippen molar-refractivity contribution in [2.45, 2.75) is 19.4 Å². The number of sulfone groups is 1. The summed E-state index contributed by atoms with van der Waals surface area (Å²) in [5, 5.41) is 0. The van der Waals surface area contributed by atoms with Crippen molar-refractivity contribution in [1.29, 1.82) is 0 Å². The summed E-state index contributed by atoms with van der Waals surface area (Å²) in [4.78, 5) is -0.987. The van der Waals surface area contributed by atoms with E-state index in [1.165, 1.54) is 6.92 Å². The molecule has 0 rings (SSSR count). The lowest BCUT2D eigenvalue weighted by atomic mass is 10.7. The van der Waals surface area contributed by atoms with E-state index in [9.17, 15) is 21.6 Å². The van der Waals surface area contributed by atoms with Gasteiger partial charge in [-0.1, -0.05) is 0 Å². The number of allylic oxidation sites excluding steroid dienone is 1. The zero-order valence-corrected chi connectivity index (χ0v) is 9.20. The van der Waals surface area contributed by atoms with Crippen LogP contribution in [-0.4, -0.2) is 27.6 Å². The highest BCUT2D eigenvalue weighted by Crippen LogP contribution is 2.31. The van der Waals surface area contributed by atoms with Gasteiger partial charge in [-0.2, -0.15) is 13.2 Å². The fraction of sp³-hybridized carbons (Fsp3) is 0.714. The lowest BCUT2D eigenvalue weighted by Gasteiger charge is -2.12. The number of alkyl halides is 3. The zero-order valence-electron chi connectivity index (χ0n) is 8.38. The summed E-state index contributed by atoms with van der Waals surface area (Å²) in [6, 6.07) is 0. The average Bonchev–Trinajstić information content (AvgIpc) is 2.11. The Hall–Kier alpha value is -0.920. The lowest BCUT2D eigenvalue weighted by Crippen LogP contribution is -2.25. The quantitative estimate of drug-likeness (QED) is 0.712. The third-order valence-electron chi connectivity index (χ3n) is 1.46. The maximum atomic E-state index is 12.1. The normalized spacial score (nSPS) is 14.5. The molecule has 90 valence electrons. The van der Waals surface area contributed by atoms with E-state index >= 15 is 0 Å². The molecular formula is C7H11F3O4S. The number of halogens is 3. The van der Waals surface area contributed by atoms with Crippen molar-refractivity contribution in [3.05, 3.63) is 10.9 Å². The zero-order chi connectivity index (χ0) is 12.3. The van der Waals surface area contributed by atoms with E-state index in [1.807, 2.05) is 0 Å². The van der Waals surface area contributed by atoms with Gasteiger partial charge < -0.3 is 9.47 Å². The van der Waals surface area contributed by atoms with Gasteiger partial charge in [0.1, 0.15) is 4.91 Å². The van der Waals surface area contributed by atoms with Crippen LogP contribution in [0, 0.1) is 0 Å². The van der Waals surface area contributed by atoms with Crippen LogP contribution in [0.25, 0.3) is 0 Å². The third-order valence-corrected chi connectivity index (χ3v) is 3.04. The van der Waals surface area contributed by atoms with E-state index in [0.29, 0.717) is 0 Å². The van der Waals surface area contributed by atoms with Crippen LogP contribution in [-0.2, 0) is 19.3 Å². The molecule has 0 N–H and O–H groups in total. The maximum absolute atomic E-state index is 12.1. The smallest absolute Gasteiger partial charge is 0.468 e. The molecular weight excluding hydrogens is 237 g/mol. The first-order valence-electron chi connectivity index (χ1n) is 3.87. The van der Waals surface area contributed by atoms with E-state index in [0.717, 1.165) is 14.0 Å². The van der Waals surface area contributed by atoms with Gasteiger partial charge >= 0.3 is 5.51 Å². The minimum Gasteiger partial charge on any atom is -0.468 e. The molecule has 4 nitrogen and oxygen atoms in total. The van der Waals surface area contributed by atoms with Gasteiger partial charge in [-0.15, -0.1) is 0 Å². The van der Waals surface area contributed by atoms with Crippen LogP contribution in [0.2, 0.25) is 0 Å². The summed E-state index contributed by atoms with van der Waals surface area (Å²) in [7, 11) is -4.35. The first-order valence-corrected chi connectivity index (χ1v) is 5.35. The van der Waals surface area contributed by atoms with Crippen molar-refractivity contribution >= 4 is 9.84 Å². The minimum absolute atomic E-state index is 0.00783. The number of ether oxygens (including phenoxy) is 2. The van der Waals surface area contributed by atoms with Crippen molar-refractivity contribution in [1.82, 2.24) is 0 Å². The van der Waals surface area contributed by atoms with Crippen LogP contribution in [0.15, 0.2) is 10.9 Å². The number of rotatable bonds is 4. The highest BCUT2D eigenvalue weighted by molar-refractivity contribution is 7.96. The summed E-state index contributed by atoms with van der Waals surface area (Å²) >= 11 is 0. The van der Waals surface area contributed by atoms with Gasteiger partial charge in [0.25, 0.3) is 15.8 Å². The van der Waals surface area contributed by atoms with E-state index in [4.69, 9.17) is 0 Å². The van der Waals surface area contributed by atoms with E-state index in [-0.39, 0.29) is 6.61 Å². The van der Waals surface area contributed by atoms with Gasteiger partial charge in [0.15, 0.2) is 0 Å². The van der Waals surface area contributed by atoms with Crippen LogP contribution in [0.4, 0.5) is 13.2 Å².